The SMILES string of the molecule is CN(c1ccc(NS(=O)(=O)Cc2ccc(F)cc2)cn1)C1CCCCC1. The molecule has 0 radical (unpaired) electrons. The zero-order valence-corrected chi connectivity index (χ0v) is 15.7. The van der Waals surface area contributed by atoms with Crippen LogP contribution in [0.3, 0.4) is 0 Å². The molecule has 1 N–H and O–H groups in total. The molecule has 0 unspecified atom stereocenters. The Morgan fingerprint density at radius 3 is 2.42 bits per heavy atom. The number of anilines is 2. The highest BCUT2D eigenvalue weighted by Gasteiger charge is 2.19. The van der Waals surface area contributed by atoms with E-state index in [1.165, 1.54) is 62.6 Å². The van der Waals surface area contributed by atoms with Gasteiger partial charge in [-0.2, -0.15) is 0 Å². The van der Waals surface area contributed by atoms with Crippen LogP contribution < -0.4 is 9.62 Å². The quantitative estimate of drug-likeness (QED) is 0.828. The van der Waals surface area contributed by atoms with Crippen molar-refractivity contribution in [3.8, 4) is 0 Å². The highest BCUT2D eigenvalue weighted by molar-refractivity contribution is 7.91. The summed E-state index contributed by atoms with van der Waals surface area (Å²) in [5.41, 5.74) is 0.952. The van der Waals surface area contributed by atoms with Crippen molar-refractivity contribution < 1.29 is 12.8 Å². The van der Waals surface area contributed by atoms with Crippen molar-refractivity contribution in [2.24, 2.45) is 0 Å². The minimum absolute atomic E-state index is 0.211. The van der Waals surface area contributed by atoms with Gasteiger partial charge < -0.3 is 4.90 Å². The summed E-state index contributed by atoms with van der Waals surface area (Å²) >= 11 is 0. The maximum atomic E-state index is 12.9. The molecule has 2 aromatic rings. The van der Waals surface area contributed by atoms with E-state index < -0.39 is 10.0 Å². The highest BCUT2D eigenvalue weighted by atomic mass is 32.2. The Morgan fingerprint density at radius 2 is 1.81 bits per heavy atom. The van der Waals surface area contributed by atoms with E-state index in [2.05, 4.69) is 14.6 Å². The molecular formula is C19H24FN3O2S. The number of pyridine rings is 1. The molecular weight excluding hydrogens is 353 g/mol. The van der Waals surface area contributed by atoms with Gasteiger partial charge in [0, 0.05) is 13.1 Å². The van der Waals surface area contributed by atoms with E-state index in [1.807, 2.05) is 13.1 Å². The summed E-state index contributed by atoms with van der Waals surface area (Å²) < 4.78 is 40.0. The summed E-state index contributed by atoms with van der Waals surface area (Å²) in [6, 6.07) is 9.50. The number of hydrogen-bond donors (Lipinski definition) is 1. The van der Waals surface area contributed by atoms with Crippen LogP contribution in [0.2, 0.25) is 0 Å². The van der Waals surface area contributed by atoms with Gasteiger partial charge in [-0.05, 0) is 42.7 Å². The van der Waals surface area contributed by atoms with Crippen LogP contribution in [0.25, 0.3) is 0 Å². The molecule has 0 bridgehead atoms. The molecule has 1 aliphatic carbocycles. The van der Waals surface area contributed by atoms with Gasteiger partial charge in [-0.15, -0.1) is 0 Å². The fourth-order valence-corrected chi connectivity index (χ4v) is 4.51. The van der Waals surface area contributed by atoms with Crippen molar-refractivity contribution in [3.63, 3.8) is 0 Å². The molecule has 1 aromatic carbocycles. The zero-order valence-electron chi connectivity index (χ0n) is 14.9. The molecule has 0 atom stereocenters. The monoisotopic (exact) mass is 377 g/mol. The third-order valence-corrected chi connectivity index (χ3v) is 6.04. The number of rotatable bonds is 6. The molecule has 1 fully saturated rings. The van der Waals surface area contributed by atoms with Gasteiger partial charge in [0.1, 0.15) is 11.6 Å². The smallest absolute Gasteiger partial charge is 0.236 e. The number of nitrogens with one attached hydrogen (secondary N) is 1. The van der Waals surface area contributed by atoms with Crippen LogP contribution in [0, 0.1) is 5.82 Å². The number of hydrogen-bond acceptors (Lipinski definition) is 4. The first-order valence-corrected chi connectivity index (χ1v) is 10.5. The largest absolute Gasteiger partial charge is 0.357 e. The van der Waals surface area contributed by atoms with E-state index in [-0.39, 0.29) is 11.6 Å². The molecule has 0 spiro atoms. The third kappa shape index (κ3) is 4.94. The molecule has 1 heterocycles. The van der Waals surface area contributed by atoms with Gasteiger partial charge in [0.15, 0.2) is 0 Å². The Labute approximate surface area is 154 Å². The third-order valence-electron chi connectivity index (χ3n) is 4.77. The van der Waals surface area contributed by atoms with Gasteiger partial charge in [-0.1, -0.05) is 31.4 Å². The van der Waals surface area contributed by atoms with Crippen molar-refractivity contribution in [2.45, 2.75) is 43.9 Å². The molecule has 1 aliphatic rings. The molecule has 1 aromatic heterocycles. The van der Waals surface area contributed by atoms with Gasteiger partial charge in [-0.25, -0.2) is 17.8 Å². The van der Waals surface area contributed by atoms with Gasteiger partial charge >= 0.3 is 0 Å². The summed E-state index contributed by atoms with van der Waals surface area (Å²) in [4.78, 5) is 6.58. The Bertz CT molecular complexity index is 817. The fourth-order valence-electron chi connectivity index (χ4n) is 3.33. The topological polar surface area (TPSA) is 62.3 Å². The fraction of sp³-hybridized carbons (Fsp3) is 0.421. The van der Waals surface area contributed by atoms with Crippen LogP contribution >= 0.6 is 0 Å². The number of halogens is 1. The van der Waals surface area contributed by atoms with Gasteiger partial charge in [0.2, 0.25) is 10.0 Å². The van der Waals surface area contributed by atoms with Crippen LogP contribution in [0.15, 0.2) is 42.6 Å². The first-order valence-electron chi connectivity index (χ1n) is 8.87. The second-order valence-electron chi connectivity index (χ2n) is 6.80. The molecule has 140 valence electrons. The average Bonchev–Trinajstić information content (AvgIpc) is 2.64. The molecule has 5 nitrogen and oxygen atoms in total. The first-order chi connectivity index (χ1) is 12.4. The van der Waals surface area contributed by atoms with Crippen molar-refractivity contribution >= 4 is 21.5 Å². The molecule has 0 aliphatic heterocycles. The number of benzene rings is 1. The zero-order chi connectivity index (χ0) is 18.6. The average molecular weight is 377 g/mol. The van der Waals surface area contributed by atoms with E-state index in [4.69, 9.17) is 0 Å². The first kappa shape index (κ1) is 18.6. The van der Waals surface area contributed by atoms with Crippen molar-refractivity contribution in [1.82, 2.24) is 4.98 Å². The molecule has 0 saturated heterocycles. The Morgan fingerprint density at radius 1 is 1.12 bits per heavy atom. The number of aromatic nitrogens is 1. The number of nitrogens with zero attached hydrogens (tertiary/aromatic N) is 2. The molecule has 3 rings (SSSR count). The highest BCUT2D eigenvalue weighted by Crippen LogP contribution is 2.25. The summed E-state index contributed by atoms with van der Waals surface area (Å²) in [7, 11) is -1.54. The molecule has 1 saturated carbocycles. The maximum Gasteiger partial charge on any atom is 0.236 e. The van der Waals surface area contributed by atoms with E-state index in [9.17, 15) is 12.8 Å². The van der Waals surface area contributed by atoms with E-state index >= 15 is 0 Å². The lowest BCUT2D eigenvalue weighted by Crippen LogP contribution is -2.33. The van der Waals surface area contributed by atoms with Crippen molar-refractivity contribution in [2.75, 3.05) is 16.7 Å². The minimum Gasteiger partial charge on any atom is -0.357 e. The van der Waals surface area contributed by atoms with E-state index in [1.54, 1.807) is 6.07 Å². The van der Waals surface area contributed by atoms with Gasteiger partial charge in [0.05, 0.1) is 17.6 Å². The van der Waals surface area contributed by atoms with Gasteiger partial charge in [-0.3, -0.25) is 4.72 Å². The summed E-state index contributed by atoms with van der Waals surface area (Å²) in [6.45, 7) is 0. The Hall–Kier alpha value is -2.15. The number of sulfonamides is 1. The lowest BCUT2D eigenvalue weighted by Gasteiger charge is -2.32. The molecule has 26 heavy (non-hydrogen) atoms. The maximum absolute atomic E-state index is 12.9. The van der Waals surface area contributed by atoms with Crippen molar-refractivity contribution in [3.05, 3.63) is 54.0 Å². The minimum atomic E-state index is -3.58. The van der Waals surface area contributed by atoms with Crippen LogP contribution in [0.4, 0.5) is 15.9 Å². The Kier molecular flexibility index (Phi) is 5.76. The van der Waals surface area contributed by atoms with Crippen LogP contribution in [0.5, 0.6) is 0 Å². The van der Waals surface area contributed by atoms with Gasteiger partial charge in [0.25, 0.3) is 0 Å². The van der Waals surface area contributed by atoms with E-state index in [0.29, 0.717) is 17.3 Å². The lowest BCUT2D eigenvalue weighted by atomic mass is 9.94. The van der Waals surface area contributed by atoms with Crippen molar-refractivity contribution in [1.29, 1.82) is 0 Å². The predicted octanol–water partition coefficient (Wildman–Crippen LogP) is 3.93. The van der Waals surface area contributed by atoms with Crippen LogP contribution in [0.1, 0.15) is 37.7 Å². The second kappa shape index (κ2) is 8.03. The second-order valence-corrected chi connectivity index (χ2v) is 8.52. The lowest BCUT2D eigenvalue weighted by molar-refractivity contribution is 0.426. The predicted molar refractivity (Wildman–Crippen MR) is 102 cm³/mol. The summed E-state index contributed by atoms with van der Waals surface area (Å²) in [5.74, 6) is 0.246. The van der Waals surface area contributed by atoms with Crippen LogP contribution in [-0.4, -0.2) is 26.5 Å². The van der Waals surface area contributed by atoms with Crippen LogP contribution in [-0.2, 0) is 15.8 Å². The summed E-state index contributed by atoms with van der Waals surface area (Å²) in [6.07, 6.45) is 7.67. The normalized spacial score (nSPS) is 15.6. The standard InChI is InChI=1S/C19H24FN3O2S/c1-23(18-5-3-2-4-6-18)19-12-11-17(13-21-19)22-26(24,25)14-15-7-9-16(20)10-8-15/h7-13,18,22H,2-6,14H2,1H3. The van der Waals surface area contributed by atoms with E-state index in [0.717, 1.165) is 5.82 Å². The Balaban J connectivity index is 1.63. The molecule has 0 amide bonds. The molecule has 7 heteroatoms. The summed E-state index contributed by atoms with van der Waals surface area (Å²) in [5, 5.41) is 0.